The van der Waals surface area contributed by atoms with E-state index >= 15 is 0 Å². The van der Waals surface area contributed by atoms with Crippen molar-refractivity contribution in [2.75, 3.05) is 0 Å². The summed E-state index contributed by atoms with van der Waals surface area (Å²) in [5.41, 5.74) is 3.74. The van der Waals surface area contributed by atoms with E-state index in [-0.39, 0.29) is 23.0 Å². The van der Waals surface area contributed by atoms with Gasteiger partial charge in [-0.25, -0.2) is 10.1 Å². The van der Waals surface area contributed by atoms with Crippen molar-refractivity contribution >= 4 is 22.4 Å². The number of phenols is 1. The number of fused-ring (bicyclic) bond motifs is 1. The van der Waals surface area contributed by atoms with Gasteiger partial charge < -0.3 is 5.11 Å². The van der Waals surface area contributed by atoms with Crippen molar-refractivity contribution in [3.8, 4) is 5.75 Å². The fourth-order valence-corrected chi connectivity index (χ4v) is 2.68. The minimum absolute atomic E-state index is 0.140. The molecule has 27 heavy (non-hydrogen) atoms. The van der Waals surface area contributed by atoms with E-state index in [9.17, 15) is 14.7 Å². The van der Waals surface area contributed by atoms with Crippen LogP contribution in [0.3, 0.4) is 0 Å². The van der Waals surface area contributed by atoms with Gasteiger partial charge in [0.05, 0.1) is 17.1 Å². The van der Waals surface area contributed by atoms with Crippen LogP contribution < -0.4 is 11.0 Å². The van der Waals surface area contributed by atoms with Crippen LogP contribution in [-0.2, 0) is 0 Å². The molecule has 0 saturated heterocycles. The van der Waals surface area contributed by atoms with E-state index in [0.29, 0.717) is 16.5 Å². The first kappa shape index (κ1) is 18.3. The fraction of sp³-hybridized carbons (Fsp3) is 0.200. The minimum atomic E-state index is -0.501. The fourth-order valence-electron chi connectivity index (χ4n) is 2.68. The second kappa shape index (κ2) is 7.41. The maximum Gasteiger partial charge on any atom is 0.292 e. The van der Waals surface area contributed by atoms with Crippen molar-refractivity contribution in [1.82, 2.24) is 15.2 Å². The van der Waals surface area contributed by atoms with Crippen LogP contribution in [-0.4, -0.2) is 26.5 Å². The molecule has 0 saturated carbocycles. The second-order valence-corrected chi connectivity index (χ2v) is 6.42. The second-order valence-electron chi connectivity index (χ2n) is 6.42. The number of carbonyl (C=O) groups is 1. The third-order valence-electron chi connectivity index (χ3n) is 4.14. The third kappa shape index (κ3) is 3.72. The van der Waals surface area contributed by atoms with Gasteiger partial charge in [0, 0.05) is 5.39 Å². The summed E-state index contributed by atoms with van der Waals surface area (Å²) >= 11 is 0. The number of hydrogen-bond donors (Lipinski definition) is 2. The first-order valence-electron chi connectivity index (χ1n) is 8.54. The summed E-state index contributed by atoms with van der Waals surface area (Å²) in [4.78, 5) is 25.2. The SMILES string of the molecule is C/C(=N\NC(=O)c1nn(C(C)C)c(=O)c2ccccc12)c1ccc(O)cc1. The van der Waals surface area contributed by atoms with Crippen LogP contribution in [0.5, 0.6) is 5.75 Å². The lowest BCUT2D eigenvalue weighted by molar-refractivity contribution is 0.0949. The highest BCUT2D eigenvalue weighted by Crippen LogP contribution is 2.15. The van der Waals surface area contributed by atoms with E-state index in [1.54, 1.807) is 55.5 Å². The van der Waals surface area contributed by atoms with Crippen LogP contribution in [0.1, 0.15) is 42.9 Å². The van der Waals surface area contributed by atoms with E-state index in [1.807, 2.05) is 13.8 Å². The molecular formula is C20H20N4O3. The number of amides is 1. The summed E-state index contributed by atoms with van der Waals surface area (Å²) in [6.45, 7) is 5.41. The number of aromatic hydroxyl groups is 1. The Morgan fingerprint density at radius 2 is 1.74 bits per heavy atom. The van der Waals surface area contributed by atoms with Crippen LogP contribution in [0.2, 0.25) is 0 Å². The highest BCUT2D eigenvalue weighted by atomic mass is 16.3. The zero-order chi connectivity index (χ0) is 19.6. The van der Waals surface area contributed by atoms with Gasteiger partial charge in [-0.1, -0.05) is 18.2 Å². The highest BCUT2D eigenvalue weighted by molar-refractivity contribution is 6.06. The predicted molar refractivity (Wildman–Crippen MR) is 104 cm³/mol. The molecule has 7 heteroatoms. The molecule has 3 rings (SSSR count). The summed E-state index contributed by atoms with van der Waals surface area (Å²) in [6, 6.07) is 13.2. The molecule has 0 radical (unpaired) electrons. The van der Waals surface area contributed by atoms with Crippen molar-refractivity contribution in [2.45, 2.75) is 26.8 Å². The average Bonchev–Trinajstić information content (AvgIpc) is 2.66. The van der Waals surface area contributed by atoms with Crippen LogP contribution in [0.25, 0.3) is 10.8 Å². The number of hydrazone groups is 1. The van der Waals surface area contributed by atoms with Crippen LogP contribution in [0.4, 0.5) is 0 Å². The lowest BCUT2D eigenvalue weighted by atomic mass is 10.1. The first-order valence-corrected chi connectivity index (χ1v) is 8.54. The molecule has 0 atom stereocenters. The molecule has 0 fully saturated rings. The molecule has 1 aromatic heterocycles. The van der Waals surface area contributed by atoms with Crippen molar-refractivity contribution in [2.24, 2.45) is 5.10 Å². The van der Waals surface area contributed by atoms with Crippen LogP contribution in [0, 0.1) is 0 Å². The van der Waals surface area contributed by atoms with Gasteiger partial charge >= 0.3 is 0 Å². The van der Waals surface area contributed by atoms with Gasteiger partial charge in [0.25, 0.3) is 11.5 Å². The standard InChI is InChI=1S/C20H20N4O3/c1-12(2)24-20(27)17-7-5-4-6-16(17)18(23-24)19(26)22-21-13(3)14-8-10-15(25)11-9-14/h4-12,25H,1-3H3,(H,22,26)/b21-13+. The molecule has 1 heterocycles. The van der Waals surface area contributed by atoms with Crippen molar-refractivity contribution < 1.29 is 9.90 Å². The molecule has 138 valence electrons. The maximum absolute atomic E-state index is 12.7. The molecule has 0 spiro atoms. The number of hydrogen-bond acceptors (Lipinski definition) is 5. The normalized spacial score (nSPS) is 11.8. The van der Waals surface area contributed by atoms with E-state index in [4.69, 9.17) is 0 Å². The highest BCUT2D eigenvalue weighted by Gasteiger charge is 2.17. The number of carbonyl (C=O) groups excluding carboxylic acids is 1. The van der Waals surface area contributed by atoms with E-state index < -0.39 is 5.91 Å². The quantitative estimate of drug-likeness (QED) is 0.549. The zero-order valence-electron chi connectivity index (χ0n) is 15.3. The molecule has 0 aliphatic heterocycles. The lowest BCUT2D eigenvalue weighted by Crippen LogP contribution is -2.30. The Labute approximate surface area is 156 Å². The van der Waals surface area contributed by atoms with E-state index in [1.165, 1.54) is 4.68 Å². The van der Waals surface area contributed by atoms with Gasteiger partial charge in [-0.15, -0.1) is 0 Å². The molecule has 2 aromatic carbocycles. The number of phenolic OH excluding ortho intramolecular Hbond substituents is 1. The molecule has 0 bridgehead atoms. The Hall–Kier alpha value is -3.48. The Kier molecular flexibility index (Phi) is 5.03. The molecule has 0 aliphatic carbocycles. The zero-order valence-corrected chi connectivity index (χ0v) is 15.3. The van der Waals surface area contributed by atoms with Gasteiger partial charge in [0.15, 0.2) is 5.69 Å². The van der Waals surface area contributed by atoms with Gasteiger partial charge in [-0.2, -0.15) is 10.2 Å². The Bertz CT molecular complexity index is 1080. The lowest BCUT2D eigenvalue weighted by Gasteiger charge is -2.12. The smallest absolute Gasteiger partial charge is 0.292 e. The van der Waals surface area contributed by atoms with Crippen molar-refractivity contribution in [3.05, 3.63) is 70.1 Å². The van der Waals surface area contributed by atoms with E-state index in [2.05, 4.69) is 15.6 Å². The van der Waals surface area contributed by atoms with Gasteiger partial charge in [0.1, 0.15) is 5.75 Å². The molecule has 7 nitrogen and oxygen atoms in total. The summed E-state index contributed by atoms with van der Waals surface area (Å²) in [7, 11) is 0. The number of benzene rings is 2. The monoisotopic (exact) mass is 364 g/mol. The van der Waals surface area contributed by atoms with Gasteiger partial charge in [-0.3, -0.25) is 9.59 Å². The Balaban J connectivity index is 1.98. The van der Waals surface area contributed by atoms with E-state index in [0.717, 1.165) is 5.56 Å². The first-order chi connectivity index (χ1) is 12.9. The summed E-state index contributed by atoms with van der Waals surface area (Å²) < 4.78 is 1.30. The summed E-state index contributed by atoms with van der Waals surface area (Å²) in [6.07, 6.45) is 0. The molecule has 2 N–H and O–H groups in total. The predicted octanol–water partition coefficient (Wildman–Crippen LogP) is 2.84. The number of aromatic nitrogens is 2. The van der Waals surface area contributed by atoms with Crippen molar-refractivity contribution in [1.29, 1.82) is 0 Å². The molecular weight excluding hydrogens is 344 g/mol. The van der Waals surface area contributed by atoms with Crippen LogP contribution in [0.15, 0.2) is 58.4 Å². The van der Waals surface area contributed by atoms with Gasteiger partial charge in [-0.05, 0) is 56.7 Å². The molecule has 0 unspecified atom stereocenters. The number of nitrogens with zero attached hydrogens (tertiary/aromatic N) is 3. The summed E-state index contributed by atoms with van der Waals surface area (Å²) in [5.74, 6) is -0.346. The topological polar surface area (TPSA) is 96.6 Å². The third-order valence-corrected chi connectivity index (χ3v) is 4.14. The molecule has 1 amide bonds. The Morgan fingerprint density at radius 3 is 2.37 bits per heavy atom. The minimum Gasteiger partial charge on any atom is -0.508 e. The summed E-state index contributed by atoms with van der Waals surface area (Å²) in [5, 5.41) is 18.6. The maximum atomic E-state index is 12.7. The molecule has 0 aliphatic rings. The number of nitrogens with one attached hydrogen (secondary N) is 1. The largest absolute Gasteiger partial charge is 0.508 e. The van der Waals surface area contributed by atoms with Gasteiger partial charge in [0.2, 0.25) is 0 Å². The van der Waals surface area contributed by atoms with Crippen molar-refractivity contribution in [3.63, 3.8) is 0 Å². The average molecular weight is 364 g/mol. The number of rotatable bonds is 4. The Morgan fingerprint density at radius 1 is 1.11 bits per heavy atom. The molecule has 3 aromatic rings. The van der Waals surface area contributed by atoms with Crippen LogP contribution >= 0.6 is 0 Å².